The van der Waals surface area contributed by atoms with E-state index >= 15 is 0 Å². The molecule has 154 valence electrons. The minimum Gasteiger partial charge on any atom is -0.251 e. The van der Waals surface area contributed by atoms with Crippen molar-refractivity contribution in [2.24, 2.45) is 5.92 Å². The molecule has 0 aromatic heterocycles. The summed E-state index contributed by atoms with van der Waals surface area (Å²) in [5, 5.41) is 18.0. The van der Waals surface area contributed by atoms with Crippen LogP contribution in [0.1, 0.15) is 73.3 Å². The predicted molar refractivity (Wildman–Crippen MR) is 98.0 cm³/mol. The quantitative estimate of drug-likeness (QED) is 0.356. The van der Waals surface area contributed by atoms with Crippen LogP contribution >= 0.6 is 0 Å². The molecule has 0 heterocycles. The zero-order valence-electron chi connectivity index (χ0n) is 15.9. The topological polar surface area (TPSA) is 53.2 Å². The fourth-order valence-electron chi connectivity index (χ4n) is 4.13. The summed E-state index contributed by atoms with van der Waals surface area (Å²) < 4.78 is 57.4. The Morgan fingerprint density at radius 1 is 1.00 bits per heavy atom. The average Bonchev–Trinajstić information content (AvgIpc) is 2.70. The molecule has 0 aliphatic heterocycles. The first-order valence-corrected chi connectivity index (χ1v) is 9.57. The smallest absolute Gasteiger partial charge is 0.149 e. The third kappa shape index (κ3) is 4.29. The highest BCUT2D eigenvalue weighted by atomic mass is 19.1. The van der Waals surface area contributed by atoms with E-state index in [1.54, 1.807) is 0 Å². The van der Waals surface area contributed by atoms with Gasteiger partial charge in [-0.15, -0.1) is 0 Å². The molecule has 1 aliphatic carbocycles. The highest BCUT2D eigenvalue weighted by molar-refractivity contribution is 5.40. The van der Waals surface area contributed by atoms with Crippen molar-refractivity contribution in [3.05, 3.63) is 69.8 Å². The first kappa shape index (κ1) is 21.3. The SMILES string of the molecule is CCC1CCC(c2cc(F)c(C(OO)c3cc(F)c(C#N)c(F)c3)c(F)c2)CC1. The molecule has 0 amide bonds. The van der Waals surface area contributed by atoms with Gasteiger partial charge in [-0.1, -0.05) is 13.3 Å². The second-order valence-electron chi connectivity index (χ2n) is 7.48. The molecular weight excluding hydrogens is 386 g/mol. The third-order valence-electron chi connectivity index (χ3n) is 5.84. The Bertz CT molecular complexity index is 887. The number of hydrogen-bond acceptors (Lipinski definition) is 3. The lowest BCUT2D eigenvalue weighted by Crippen LogP contribution is -2.15. The molecule has 0 saturated heterocycles. The summed E-state index contributed by atoms with van der Waals surface area (Å²) >= 11 is 0. The van der Waals surface area contributed by atoms with E-state index in [9.17, 15) is 22.8 Å². The molecule has 2 aromatic carbocycles. The third-order valence-corrected chi connectivity index (χ3v) is 5.84. The zero-order chi connectivity index (χ0) is 21.1. The molecule has 1 unspecified atom stereocenters. The van der Waals surface area contributed by atoms with Crippen LogP contribution in [0.3, 0.4) is 0 Å². The van der Waals surface area contributed by atoms with E-state index < -0.39 is 40.5 Å². The lowest BCUT2D eigenvalue weighted by molar-refractivity contribution is -0.271. The molecular formula is C22H21F4NO2. The van der Waals surface area contributed by atoms with Gasteiger partial charge < -0.3 is 0 Å². The van der Waals surface area contributed by atoms with E-state index in [-0.39, 0.29) is 11.5 Å². The lowest BCUT2D eigenvalue weighted by Gasteiger charge is -2.28. The molecule has 1 atom stereocenters. The van der Waals surface area contributed by atoms with E-state index in [0.29, 0.717) is 23.6 Å². The van der Waals surface area contributed by atoms with Crippen LogP contribution in [0, 0.1) is 40.5 Å². The first-order chi connectivity index (χ1) is 13.9. The van der Waals surface area contributed by atoms with Gasteiger partial charge in [0.1, 0.15) is 41.0 Å². The van der Waals surface area contributed by atoms with E-state index in [0.717, 1.165) is 32.1 Å². The molecule has 29 heavy (non-hydrogen) atoms. The minimum absolute atomic E-state index is 0.0362. The van der Waals surface area contributed by atoms with Crippen molar-refractivity contribution in [1.29, 1.82) is 5.26 Å². The monoisotopic (exact) mass is 407 g/mol. The van der Waals surface area contributed by atoms with Crippen molar-refractivity contribution in [3.63, 3.8) is 0 Å². The molecule has 7 heteroatoms. The van der Waals surface area contributed by atoms with Gasteiger partial charge in [0.2, 0.25) is 0 Å². The molecule has 1 saturated carbocycles. The minimum atomic E-state index is -1.78. The van der Waals surface area contributed by atoms with Gasteiger partial charge in [-0.05, 0) is 72.9 Å². The van der Waals surface area contributed by atoms with Crippen LogP contribution < -0.4 is 0 Å². The molecule has 3 nitrogen and oxygen atoms in total. The number of nitrogens with zero attached hydrogens (tertiary/aromatic N) is 1. The Balaban J connectivity index is 1.95. The molecule has 3 rings (SSSR count). The Labute approximate surface area is 166 Å². The second-order valence-corrected chi connectivity index (χ2v) is 7.48. The standard InChI is InChI=1S/C22H21F4NO2/c1-2-12-3-5-13(6-4-12)14-7-19(25)21(20(26)8-14)22(29-28)15-9-17(23)16(11-27)18(24)10-15/h7-10,12-13,22,28H,2-6H2,1H3. The maximum Gasteiger partial charge on any atom is 0.149 e. The second kappa shape index (κ2) is 8.93. The van der Waals surface area contributed by atoms with Gasteiger partial charge in [-0.2, -0.15) is 5.26 Å². The van der Waals surface area contributed by atoms with Gasteiger partial charge in [0.05, 0.1) is 5.56 Å². The van der Waals surface area contributed by atoms with Gasteiger partial charge in [0.15, 0.2) is 0 Å². The summed E-state index contributed by atoms with van der Waals surface area (Å²) in [5.41, 5.74) is -1.31. The van der Waals surface area contributed by atoms with Gasteiger partial charge in [0.25, 0.3) is 0 Å². The van der Waals surface area contributed by atoms with Crippen LogP contribution in [-0.4, -0.2) is 5.26 Å². The fourth-order valence-corrected chi connectivity index (χ4v) is 4.13. The van der Waals surface area contributed by atoms with Gasteiger partial charge >= 0.3 is 0 Å². The zero-order valence-corrected chi connectivity index (χ0v) is 15.9. The number of halogens is 4. The van der Waals surface area contributed by atoms with Crippen LogP contribution in [0.25, 0.3) is 0 Å². The maximum absolute atomic E-state index is 14.8. The molecule has 0 bridgehead atoms. The number of rotatable bonds is 5. The van der Waals surface area contributed by atoms with E-state index in [1.165, 1.54) is 18.2 Å². The number of hydrogen-bond donors (Lipinski definition) is 1. The van der Waals surface area contributed by atoms with Crippen molar-refractivity contribution in [1.82, 2.24) is 0 Å². The predicted octanol–water partition coefficient (Wildman–Crippen LogP) is 6.38. The summed E-state index contributed by atoms with van der Waals surface area (Å²) in [4.78, 5) is 4.19. The van der Waals surface area contributed by atoms with Crippen LogP contribution in [0.15, 0.2) is 24.3 Å². The Morgan fingerprint density at radius 3 is 2.00 bits per heavy atom. The molecule has 0 radical (unpaired) electrons. The van der Waals surface area contributed by atoms with Crippen molar-refractivity contribution in [2.45, 2.75) is 51.0 Å². The Kier molecular flexibility index (Phi) is 6.56. The van der Waals surface area contributed by atoms with Gasteiger partial charge in [-0.3, -0.25) is 5.26 Å². The molecule has 1 N–H and O–H groups in total. The summed E-state index contributed by atoms with van der Waals surface area (Å²) in [6, 6.07) is 5.16. The summed E-state index contributed by atoms with van der Waals surface area (Å²) in [6.45, 7) is 2.13. The highest BCUT2D eigenvalue weighted by Gasteiger charge is 2.29. The van der Waals surface area contributed by atoms with Crippen LogP contribution in [0.5, 0.6) is 0 Å². The summed E-state index contributed by atoms with van der Waals surface area (Å²) in [7, 11) is 0. The summed E-state index contributed by atoms with van der Waals surface area (Å²) in [6.07, 6.45) is 2.97. The summed E-state index contributed by atoms with van der Waals surface area (Å²) in [5.74, 6) is -3.70. The van der Waals surface area contributed by atoms with Crippen LogP contribution in [0.2, 0.25) is 0 Å². The van der Waals surface area contributed by atoms with E-state index in [1.807, 2.05) is 0 Å². The van der Waals surface area contributed by atoms with Crippen LogP contribution in [0.4, 0.5) is 17.6 Å². The molecule has 1 fully saturated rings. The van der Waals surface area contributed by atoms with E-state index in [2.05, 4.69) is 11.8 Å². The largest absolute Gasteiger partial charge is 0.251 e. The average molecular weight is 407 g/mol. The van der Waals surface area contributed by atoms with Crippen molar-refractivity contribution in [2.75, 3.05) is 0 Å². The molecule has 0 spiro atoms. The Morgan fingerprint density at radius 2 is 1.55 bits per heavy atom. The van der Waals surface area contributed by atoms with Crippen molar-refractivity contribution < 1.29 is 27.7 Å². The fraction of sp³-hybridized carbons (Fsp3) is 0.409. The first-order valence-electron chi connectivity index (χ1n) is 9.57. The maximum atomic E-state index is 14.8. The van der Waals surface area contributed by atoms with Crippen LogP contribution in [-0.2, 0) is 4.89 Å². The molecule has 1 aliphatic rings. The Hall–Kier alpha value is -2.43. The van der Waals surface area contributed by atoms with Gasteiger partial charge in [-0.25, -0.2) is 22.4 Å². The van der Waals surface area contributed by atoms with E-state index in [4.69, 9.17) is 5.26 Å². The normalized spacial score (nSPS) is 20.3. The molecule has 2 aromatic rings. The van der Waals surface area contributed by atoms with Crippen molar-refractivity contribution in [3.8, 4) is 6.07 Å². The van der Waals surface area contributed by atoms with Gasteiger partial charge in [0, 0.05) is 0 Å². The lowest BCUT2D eigenvalue weighted by atomic mass is 9.77. The van der Waals surface area contributed by atoms with Crippen molar-refractivity contribution >= 4 is 0 Å². The number of benzene rings is 2. The number of nitriles is 1. The highest BCUT2D eigenvalue weighted by Crippen LogP contribution is 2.39.